The van der Waals surface area contributed by atoms with Gasteiger partial charge in [0.1, 0.15) is 10.7 Å². The third kappa shape index (κ3) is 3.51. The van der Waals surface area contributed by atoms with Gasteiger partial charge in [-0.15, -0.1) is 11.3 Å². The van der Waals surface area contributed by atoms with Crippen LogP contribution in [0.2, 0.25) is 0 Å². The van der Waals surface area contributed by atoms with Crippen molar-refractivity contribution < 1.29 is 9.18 Å². The lowest BCUT2D eigenvalue weighted by Gasteiger charge is -2.34. The molecule has 2 aromatic rings. The first kappa shape index (κ1) is 15.1. The number of hydrogen-bond acceptors (Lipinski definition) is 4. The summed E-state index contributed by atoms with van der Waals surface area (Å²) in [6.45, 7) is 5.63. The Morgan fingerprint density at radius 3 is 2.73 bits per heavy atom. The molecule has 0 N–H and O–H groups in total. The fraction of sp³-hybridized carbons (Fsp3) is 0.375. The first-order valence-electron chi connectivity index (χ1n) is 7.30. The summed E-state index contributed by atoms with van der Waals surface area (Å²) < 4.78 is 13.2. The van der Waals surface area contributed by atoms with Crippen molar-refractivity contribution in [3.05, 3.63) is 51.7 Å². The van der Waals surface area contributed by atoms with Crippen LogP contribution >= 0.6 is 11.3 Å². The summed E-state index contributed by atoms with van der Waals surface area (Å²) in [5.41, 5.74) is 0.970. The van der Waals surface area contributed by atoms with E-state index in [1.807, 2.05) is 17.9 Å². The highest BCUT2D eigenvalue weighted by Gasteiger charge is 2.23. The van der Waals surface area contributed by atoms with Crippen molar-refractivity contribution in [1.82, 2.24) is 14.8 Å². The molecule has 0 radical (unpaired) electrons. The number of carbonyl (C=O) groups is 1. The lowest BCUT2D eigenvalue weighted by atomic mass is 10.2. The van der Waals surface area contributed by atoms with Crippen molar-refractivity contribution in [3.8, 4) is 0 Å². The second kappa shape index (κ2) is 6.54. The highest BCUT2D eigenvalue weighted by Crippen LogP contribution is 2.16. The molecule has 1 saturated heterocycles. The van der Waals surface area contributed by atoms with Crippen LogP contribution in [0.1, 0.15) is 20.2 Å². The maximum absolute atomic E-state index is 13.2. The van der Waals surface area contributed by atoms with Crippen LogP contribution in [0.4, 0.5) is 4.39 Å². The van der Waals surface area contributed by atoms with Crippen LogP contribution in [0.15, 0.2) is 30.5 Å². The Balaban J connectivity index is 1.55. The van der Waals surface area contributed by atoms with Crippen molar-refractivity contribution in [2.75, 3.05) is 26.2 Å². The van der Waals surface area contributed by atoms with Gasteiger partial charge in [0.25, 0.3) is 5.91 Å². The van der Waals surface area contributed by atoms with E-state index in [2.05, 4.69) is 9.88 Å². The van der Waals surface area contributed by atoms with E-state index in [4.69, 9.17) is 0 Å². The summed E-state index contributed by atoms with van der Waals surface area (Å²) >= 11 is 1.44. The SMILES string of the molecule is Cc1ncc(C(=O)N2CCN(Cc3cccc(F)c3)CC2)s1. The minimum Gasteiger partial charge on any atom is -0.335 e. The molecule has 1 aromatic heterocycles. The Morgan fingerprint density at radius 2 is 2.09 bits per heavy atom. The molecule has 116 valence electrons. The average Bonchev–Trinajstić information content (AvgIpc) is 2.94. The van der Waals surface area contributed by atoms with Crippen LogP contribution in [0.25, 0.3) is 0 Å². The Hall–Kier alpha value is -1.79. The third-order valence-corrected chi connectivity index (χ3v) is 4.69. The first-order chi connectivity index (χ1) is 10.6. The normalized spacial score (nSPS) is 16.0. The van der Waals surface area contributed by atoms with Crippen LogP contribution < -0.4 is 0 Å². The van der Waals surface area contributed by atoms with Crippen molar-refractivity contribution >= 4 is 17.2 Å². The molecular weight excluding hydrogens is 301 g/mol. The number of amides is 1. The Kier molecular flexibility index (Phi) is 4.49. The standard InChI is InChI=1S/C16H18FN3OS/c1-12-18-10-15(22-12)16(21)20-7-5-19(6-8-20)11-13-3-2-4-14(17)9-13/h2-4,9-10H,5-8,11H2,1H3. The molecule has 0 unspecified atom stereocenters. The molecule has 2 heterocycles. The molecule has 1 fully saturated rings. The van der Waals surface area contributed by atoms with Gasteiger partial charge in [0.2, 0.25) is 0 Å². The van der Waals surface area contributed by atoms with E-state index < -0.39 is 0 Å². The zero-order valence-electron chi connectivity index (χ0n) is 12.5. The molecule has 1 aromatic carbocycles. The Labute approximate surface area is 133 Å². The average molecular weight is 319 g/mol. The van der Waals surface area contributed by atoms with Crippen LogP contribution in [0, 0.1) is 12.7 Å². The Morgan fingerprint density at radius 1 is 1.32 bits per heavy atom. The van der Waals surface area contributed by atoms with Crippen molar-refractivity contribution in [1.29, 1.82) is 0 Å². The Bertz CT molecular complexity index is 665. The molecule has 1 amide bonds. The zero-order valence-corrected chi connectivity index (χ0v) is 13.3. The van der Waals surface area contributed by atoms with Gasteiger partial charge in [-0.1, -0.05) is 12.1 Å². The summed E-state index contributed by atoms with van der Waals surface area (Å²) in [4.78, 5) is 21.3. The third-order valence-electron chi connectivity index (χ3n) is 3.79. The van der Waals surface area contributed by atoms with Gasteiger partial charge in [-0.25, -0.2) is 9.37 Å². The molecule has 0 spiro atoms. The minimum atomic E-state index is -0.202. The predicted molar refractivity (Wildman–Crippen MR) is 84.4 cm³/mol. The topological polar surface area (TPSA) is 36.4 Å². The van der Waals surface area contributed by atoms with E-state index >= 15 is 0 Å². The molecule has 4 nitrogen and oxygen atoms in total. The molecule has 0 atom stereocenters. The van der Waals surface area contributed by atoms with E-state index in [0.717, 1.165) is 30.2 Å². The number of nitrogens with zero attached hydrogens (tertiary/aromatic N) is 3. The van der Waals surface area contributed by atoms with Gasteiger partial charge in [-0.3, -0.25) is 9.69 Å². The van der Waals surface area contributed by atoms with Gasteiger partial charge in [0.05, 0.1) is 11.2 Å². The molecule has 6 heteroatoms. The highest BCUT2D eigenvalue weighted by molar-refractivity contribution is 7.13. The van der Waals surface area contributed by atoms with Gasteiger partial charge >= 0.3 is 0 Å². The van der Waals surface area contributed by atoms with E-state index in [-0.39, 0.29) is 11.7 Å². The van der Waals surface area contributed by atoms with E-state index in [9.17, 15) is 9.18 Å². The summed E-state index contributed by atoms with van der Waals surface area (Å²) in [5, 5.41) is 0.910. The second-order valence-electron chi connectivity index (χ2n) is 5.44. The predicted octanol–water partition coefficient (Wildman–Crippen LogP) is 2.55. The number of carbonyl (C=O) groups excluding carboxylic acids is 1. The van der Waals surface area contributed by atoms with Crippen molar-refractivity contribution in [2.24, 2.45) is 0 Å². The minimum absolute atomic E-state index is 0.0657. The number of hydrogen-bond donors (Lipinski definition) is 0. The van der Waals surface area contributed by atoms with E-state index in [0.29, 0.717) is 18.0 Å². The van der Waals surface area contributed by atoms with Crippen molar-refractivity contribution in [3.63, 3.8) is 0 Å². The fourth-order valence-corrected chi connectivity index (χ4v) is 3.36. The van der Waals surface area contributed by atoms with Gasteiger partial charge in [0, 0.05) is 32.7 Å². The highest BCUT2D eigenvalue weighted by atomic mass is 32.1. The monoisotopic (exact) mass is 319 g/mol. The number of aryl methyl sites for hydroxylation is 1. The van der Waals surface area contributed by atoms with Crippen LogP contribution in [0.3, 0.4) is 0 Å². The quantitative estimate of drug-likeness (QED) is 0.872. The summed E-state index contributed by atoms with van der Waals surface area (Å²) in [5.74, 6) is -0.136. The molecule has 1 aliphatic rings. The molecule has 22 heavy (non-hydrogen) atoms. The fourth-order valence-electron chi connectivity index (χ4n) is 2.62. The molecule has 0 bridgehead atoms. The number of thiazole rings is 1. The molecule has 0 aliphatic carbocycles. The number of piperazine rings is 1. The lowest BCUT2D eigenvalue weighted by molar-refractivity contribution is 0.0633. The van der Waals surface area contributed by atoms with E-state index in [1.54, 1.807) is 18.3 Å². The molecule has 1 aliphatic heterocycles. The number of benzene rings is 1. The lowest BCUT2D eigenvalue weighted by Crippen LogP contribution is -2.48. The summed E-state index contributed by atoms with van der Waals surface area (Å²) in [6, 6.07) is 6.69. The second-order valence-corrected chi connectivity index (χ2v) is 6.68. The van der Waals surface area contributed by atoms with Gasteiger partial charge in [0.15, 0.2) is 0 Å². The maximum Gasteiger partial charge on any atom is 0.265 e. The largest absolute Gasteiger partial charge is 0.335 e. The van der Waals surface area contributed by atoms with Gasteiger partial charge in [-0.2, -0.15) is 0 Å². The summed E-state index contributed by atoms with van der Waals surface area (Å²) in [6.07, 6.45) is 1.65. The number of rotatable bonds is 3. The summed E-state index contributed by atoms with van der Waals surface area (Å²) in [7, 11) is 0. The zero-order chi connectivity index (χ0) is 15.5. The first-order valence-corrected chi connectivity index (χ1v) is 8.12. The van der Waals surface area contributed by atoms with Crippen LogP contribution in [-0.2, 0) is 6.54 Å². The van der Waals surface area contributed by atoms with Gasteiger partial charge < -0.3 is 4.90 Å². The molecule has 3 rings (SSSR count). The number of aromatic nitrogens is 1. The van der Waals surface area contributed by atoms with Crippen LogP contribution in [0.5, 0.6) is 0 Å². The number of halogens is 1. The smallest absolute Gasteiger partial charge is 0.265 e. The molecule has 0 saturated carbocycles. The molecular formula is C16H18FN3OS. The maximum atomic E-state index is 13.2. The van der Waals surface area contributed by atoms with Gasteiger partial charge in [-0.05, 0) is 24.6 Å². The van der Waals surface area contributed by atoms with Crippen LogP contribution in [-0.4, -0.2) is 46.9 Å². The van der Waals surface area contributed by atoms with E-state index in [1.165, 1.54) is 17.4 Å². The van der Waals surface area contributed by atoms with Crippen molar-refractivity contribution in [2.45, 2.75) is 13.5 Å².